The van der Waals surface area contributed by atoms with Crippen LogP contribution in [0.1, 0.15) is 34.2 Å². The molecule has 0 saturated carbocycles. The van der Waals surface area contributed by atoms with Gasteiger partial charge in [0.25, 0.3) is 5.91 Å². The number of hydrogen-bond acceptors (Lipinski definition) is 7. The number of aromatic nitrogens is 2. The van der Waals surface area contributed by atoms with Gasteiger partial charge >= 0.3 is 6.18 Å². The molecule has 16 heteroatoms. The normalized spacial score (nSPS) is 17.3. The molecule has 2 amide bonds. The number of nitrogens with zero attached hydrogens (tertiary/aromatic N) is 2. The van der Waals surface area contributed by atoms with Gasteiger partial charge in [0.15, 0.2) is 0 Å². The zero-order valence-corrected chi connectivity index (χ0v) is 25.6. The van der Waals surface area contributed by atoms with Crippen LogP contribution in [0, 0.1) is 18.6 Å². The van der Waals surface area contributed by atoms with Crippen LogP contribution in [0.3, 0.4) is 0 Å². The van der Waals surface area contributed by atoms with E-state index in [2.05, 4.69) is 15.3 Å². The topological polar surface area (TPSA) is 137 Å². The number of alkyl halides is 3. The highest BCUT2D eigenvalue weighted by Gasteiger charge is 2.58. The van der Waals surface area contributed by atoms with Gasteiger partial charge in [0.1, 0.15) is 46.4 Å². The molecule has 9 nitrogen and oxygen atoms in total. The minimum Gasteiger partial charge on any atom is -0.494 e. The number of aryl methyl sites for hydroxylation is 1. The van der Waals surface area contributed by atoms with E-state index in [9.17, 15) is 32.3 Å². The maximum absolute atomic E-state index is 15.0. The number of aliphatic hydroxyl groups is 1. The molecule has 0 fully saturated rings. The van der Waals surface area contributed by atoms with Crippen LogP contribution in [0.5, 0.6) is 11.5 Å². The van der Waals surface area contributed by atoms with Gasteiger partial charge in [-0.25, -0.2) is 18.7 Å². The van der Waals surface area contributed by atoms with Crippen LogP contribution in [0.2, 0.25) is 10.0 Å². The lowest BCUT2D eigenvalue weighted by atomic mass is 9.81. The molecule has 0 radical (unpaired) electrons. The van der Waals surface area contributed by atoms with Crippen LogP contribution in [-0.2, 0) is 15.8 Å². The van der Waals surface area contributed by atoms with Crippen molar-refractivity contribution in [1.82, 2.24) is 15.3 Å². The average Bonchev–Trinajstić information content (AvgIpc) is 3.34. The van der Waals surface area contributed by atoms with Crippen molar-refractivity contribution in [1.29, 1.82) is 0 Å². The summed E-state index contributed by atoms with van der Waals surface area (Å²) in [5.74, 6) is -4.70. The lowest BCUT2D eigenvalue weighted by Crippen LogP contribution is -2.51. The van der Waals surface area contributed by atoms with Crippen molar-refractivity contribution in [3.63, 3.8) is 0 Å². The molecule has 1 aliphatic heterocycles. The van der Waals surface area contributed by atoms with Crippen LogP contribution in [0.15, 0.2) is 36.4 Å². The minimum atomic E-state index is -5.50. The third-order valence-electron chi connectivity index (χ3n) is 7.77. The molecule has 5 rings (SSSR count). The van der Waals surface area contributed by atoms with E-state index in [1.807, 2.05) is 0 Å². The Morgan fingerprint density at radius 1 is 1.09 bits per heavy atom. The minimum absolute atomic E-state index is 0.129. The molecule has 242 valence electrons. The van der Waals surface area contributed by atoms with Gasteiger partial charge in [-0.1, -0.05) is 23.2 Å². The Morgan fingerprint density at radius 3 is 2.41 bits per heavy atom. The van der Waals surface area contributed by atoms with E-state index in [0.717, 1.165) is 12.1 Å². The summed E-state index contributed by atoms with van der Waals surface area (Å²) >= 11 is 12.0. The summed E-state index contributed by atoms with van der Waals surface area (Å²) in [6, 6.07) is 5.96. The SMILES string of the molecule is COc1cc(C(=O)NCC(O)(c2cc3c(c(-c4cc(Cl)c(F)cc4F)n2)OC[C@]3(C)C(N)=O)C(F)(F)F)cc2cc(Cl)c(C)nc12. The predicted molar refractivity (Wildman–Crippen MR) is 157 cm³/mol. The number of rotatable bonds is 7. The molecular formula is C30H23Cl2F5N4O5. The molecule has 0 saturated heterocycles. The number of benzene rings is 2. The van der Waals surface area contributed by atoms with Crippen molar-refractivity contribution in [3.05, 3.63) is 80.6 Å². The fourth-order valence-corrected chi connectivity index (χ4v) is 5.26. The van der Waals surface area contributed by atoms with Gasteiger partial charge in [0.05, 0.1) is 35.1 Å². The monoisotopic (exact) mass is 684 g/mol. The first-order valence-corrected chi connectivity index (χ1v) is 14.0. The lowest BCUT2D eigenvalue weighted by Gasteiger charge is -2.31. The molecule has 4 aromatic rings. The number of nitrogens with one attached hydrogen (secondary N) is 1. The second-order valence-electron chi connectivity index (χ2n) is 10.8. The second-order valence-corrected chi connectivity index (χ2v) is 11.6. The Bertz CT molecular complexity index is 1940. The summed E-state index contributed by atoms with van der Waals surface area (Å²) in [5.41, 5.74) is -2.06. The Balaban J connectivity index is 1.63. The Morgan fingerprint density at radius 2 is 1.78 bits per heavy atom. The summed E-state index contributed by atoms with van der Waals surface area (Å²) in [7, 11) is 1.31. The number of hydrogen-bond donors (Lipinski definition) is 3. The van der Waals surface area contributed by atoms with Crippen molar-refractivity contribution in [2.24, 2.45) is 5.73 Å². The number of methoxy groups -OCH3 is 1. The fraction of sp³-hybridized carbons (Fsp3) is 0.267. The third-order valence-corrected chi connectivity index (χ3v) is 8.45. The first-order valence-electron chi connectivity index (χ1n) is 13.3. The molecule has 0 aliphatic carbocycles. The number of nitrogens with two attached hydrogens (primary N) is 1. The molecule has 2 atom stereocenters. The third kappa shape index (κ3) is 5.43. The van der Waals surface area contributed by atoms with E-state index in [1.54, 1.807) is 6.92 Å². The smallest absolute Gasteiger partial charge is 0.424 e. The van der Waals surface area contributed by atoms with E-state index in [0.29, 0.717) is 22.7 Å². The summed E-state index contributed by atoms with van der Waals surface area (Å²) in [6.07, 6.45) is -5.50. The molecule has 1 aliphatic rings. The largest absolute Gasteiger partial charge is 0.494 e. The molecule has 0 spiro atoms. The number of primary amides is 1. The Kier molecular flexibility index (Phi) is 8.28. The summed E-state index contributed by atoms with van der Waals surface area (Å²) < 4.78 is 84.0. The first kappa shape index (κ1) is 33.1. The number of carbonyl (C=O) groups excluding carboxylic acids is 2. The van der Waals surface area contributed by atoms with E-state index >= 15 is 4.39 Å². The zero-order chi connectivity index (χ0) is 33.9. The molecule has 4 N–H and O–H groups in total. The van der Waals surface area contributed by atoms with Gasteiger partial charge in [0, 0.05) is 28.1 Å². The maximum atomic E-state index is 15.0. The van der Waals surface area contributed by atoms with Crippen molar-refractivity contribution < 1.29 is 46.1 Å². The van der Waals surface area contributed by atoms with Crippen molar-refractivity contribution in [2.75, 3.05) is 20.3 Å². The standard InChI is InChI=1S/C30H23Cl2F5N4O5/c1-12-17(31)5-13-4-14(6-21(45-3)23(13)40-12)26(42)39-10-29(44,30(35,36)37)22-8-16-25(46-11-28(16,2)27(38)43)24(41-22)15-7-18(32)20(34)9-19(15)33/h4-9,44H,10-11H2,1-3H3,(H2,38,43)(H,39,42)/t28-,29?/m0/s1. The number of ether oxygens (including phenoxy) is 2. The highest BCUT2D eigenvalue weighted by Crippen LogP contribution is 2.48. The number of pyridine rings is 2. The Hall–Kier alpha value is -4.27. The lowest BCUT2D eigenvalue weighted by molar-refractivity contribution is -0.265. The molecule has 2 aromatic carbocycles. The van der Waals surface area contributed by atoms with Gasteiger partial charge in [0.2, 0.25) is 11.5 Å². The van der Waals surface area contributed by atoms with Crippen LogP contribution < -0.4 is 20.5 Å². The van der Waals surface area contributed by atoms with Gasteiger partial charge < -0.3 is 25.6 Å². The first-order chi connectivity index (χ1) is 21.4. The average molecular weight is 685 g/mol. The Labute approximate surface area is 267 Å². The van der Waals surface area contributed by atoms with Gasteiger partial charge in [-0.15, -0.1) is 0 Å². The van der Waals surface area contributed by atoms with Gasteiger partial charge in [-0.2, -0.15) is 13.2 Å². The van der Waals surface area contributed by atoms with Gasteiger partial charge in [-0.3, -0.25) is 9.59 Å². The number of amides is 2. The predicted octanol–water partition coefficient (Wildman–Crippen LogP) is 5.51. The van der Waals surface area contributed by atoms with Crippen molar-refractivity contribution in [3.8, 4) is 22.8 Å². The number of fused-ring (bicyclic) bond motifs is 2. The fourth-order valence-electron chi connectivity index (χ4n) is 4.94. The quantitative estimate of drug-likeness (QED) is 0.172. The summed E-state index contributed by atoms with van der Waals surface area (Å²) in [5, 5.41) is 13.3. The van der Waals surface area contributed by atoms with Crippen LogP contribution in [-0.4, -0.2) is 53.3 Å². The maximum Gasteiger partial charge on any atom is 0.424 e. The summed E-state index contributed by atoms with van der Waals surface area (Å²) in [4.78, 5) is 33.8. The highest BCUT2D eigenvalue weighted by atomic mass is 35.5. The summed E-state index contributed by atoms with van der Waals surface area (Å²) in [6.45, 7) is 0.965. The zero-order valence-electron chi connectivity index (χ0n) is 24.1. The van der Waals surface area contributed by atoms with E-state index < -0.39 is 75.8 Å². The second kappa shape index (κ2) is 11.5. The highest BCUT2D eigenvalue weighted by molar-refractivity contribution is 6.32. The number of carbonyl (C=O) groups is 2. The molecule has 0 bridgehead atoms. The molecule has 3 heterocycles. The van der Waals surface area contributed by atoms with Crippen LogP contribution in [0.4, 0.5) is 22.0 Å². The molecule has 1 unspecified atom stereocenters. The van der Waals surface area contributed by atoms with E-state index in [1.165, 1.54) is 32.2 Å². The molecule has 2 aromatic heterocycles. The van der Waals surface area contributed by atoms with Crippen molar-refractivity contribution >= 4 is 45.9 Å². The molecular weight excluding hydrogens is 662 g/mol. The van der Waals surface area contributed by atoms with E-state index in [4.69, 9.17) is 38.4 Å². The van der Waals surface area contributed by atoms with Crippen LogP contribution >= 0.6 is 23.2 Å². The van der Waals surface area contributed by atoms with Gasteiger partial charge in [-0.05, 0) is 44.2 Å². The number of halogens is 7. The van der Waals surface area contributed by atoms with Crippen LogP contribution in [0.25, 0.3) is 22.2 Å². The van der Waals surface area contributed by atoms with Crippen molar-refractivity contribution in [2.45, 2.75) is 31.0 Å². The van der Waals surface area contributed by atoms with E-state index in [-0.39, 0.29) is 27.6 Å². The molecule has 46 heavy (non-hydrogen) atoms.